The van der Waals surface area contributed by atoms with E-state index < -0.39 is 5.60 Å². The summed E-state index contributed by atoms with van der Waals surface area (Å²) in [6.45, 7) is 24.0. The molecule has 0 bridgehead atoms. The van der Waals surface area contributed by atoms with Crippen molar-refractivity contribution in [1.29, 1.82) is 0 Å². The molecule has 1 saturated heterocycles. The Balaban J connectivity index is -0.000000552. The minimum absolute atomic E-state index is 0.0000170. The maximum atomic E-state index is 11.7. The van der Waals surface area contributed by atoms with E-state index in [-0.39, 0.29) is 24.5 Å². The molecule has 6 nitrogen and oxygen atoms in total. The first-order valence-corrected chi connectivity index (χ1v) is 15.5. The maximum absolute atomic E-state index is 11.7. The first-order chi connectivity index (χ1) is 19.7. The van der Waals surface area contributed by atoms with E-state index in [4.69, 9.17) is 9.47 Å². The van der Waals surface area contributed by atoms with Crippen molar-refractivity contribution in [3.05, 3.63) is 71.8 Å². The lowest BCUT2D eigenvalue weighted by Gasteiger charge is -2.26. The van der Waals surface area contributed by atoms with E-state index in [1.807, 2.05) is 74.4 Å². The van der Waals surface area contributed by atoms with Gasteiger partial charge in [0.25, 0.3) is 0 Å². The van der Waals surface area contributed by atoms with Crippen molar-refractivity contribution in [1.82, 2.24) is 10.2 Å². The highest BCUT2D eigenvalue weighted by atomic mass is 16.6. The Morgan fingerprint density at radius 1 is 0.854 bits per heavy atom. The molecule has 1 fully saturated rings. The van der Waals surface area contributed by atoms with Crippen LogP contribution in [0.5, 0.6) is 0 Å². The number of carbonyl (C=O) groups is 2. The normalized spacial score (nSPS) is 13.2. The highest BCUT2D eigenvalue weighted by Crippen LogP contribution is 2.19. The van der Waals surface area contributed by atoms with Gasteiger partial charge in [-0.15, -0.1) is 0 Å². The minimum Gasteiger partial charge on any atom is -0.459 e. The van der Waals surface area contributed by atoms with E-state index >= 15 is 0 Å². The average Bonchev–Trinajstić information content (AvgIpc) is 3.31. The topological polar surface area (TPSA) is 67.9 Å². The largest absolute Gasteiger partial charge is 0.459 e. The van der Waals surface area contributed by atoms with Gasteiger partial charge in [0, 0.05) is 26.6 Å². The molecule has 1 amide bonds. The van der Waals surface area contributed by atoms with Crippen LogP contribution in [0.1, 0.15) is 107 Å². The van der Waals surface area contributed by atoms with Gasteiger partial charge in [-0.25, -0.2) is 0 Å². The number of benzene rings is 2. The van der Waals surface area contributed by atoms with E-state index in [1.165, 1.54) is 17.5 Å². The van der Waals surface area contributed by atoms with Gasteiger partial charge in [0.15, 0.2) is 0 Å². The van der Waals surface area contributed by atoms with E-state index in [1.54, 1.807) is 12.0 Å². The van der Waals surface area contributed by atoms with Crippen LogP contribution in [0.4, 0.5) is 0 Å². The average molecular weight is 575 g/mol. The number of hydrogen-bond donors (Lipinski definition) is 1. The fourth-order valence-corrected chi connectivity index (χ4v) is 3.43. The molecule has 2 aromatic carbocycles. The van der Waals surface area contributed by atoms with Gasteiger partial charge in [-0.2, -0.15) is 0 Å². The molecule has 1 aliphatic heterocycles. The molecule has 0 spiro atoms. The number of rotatable bonds is 8. The van der Waals surface area contributed by atoms with E-state index in [9.17, 15) is 9.59 Å². The zero-order valence-corrected chi connectivity index (χ0v) is 28.4. The van der Waals surface area contributed by atoms with Crippen molar-refractivity contribution in [3.8, 4) is 0 Å². The van der Waals surface area contributed by atoms with Crippen LogP contribution in [0, 0.1) is 0 Å². The summed E-state index contributed by atoms with van der Waals surface area (Å²) in [4.78, 5) is 24.8. The zero-order chi connectivity index (χ0) is 32.1. The third-order valence-corrected chi connectivity index (χ3v) is 4.87. The Bertz CT molecular complexity index is 797. The lowest BCUT2D eigenvalue weighted by molar-refractivity contribution is -0.159. The minimum atomic E-state index is -0.517. The fourth-order valence-electron chi connectivity index (χ4n) is 3.43. The molecule has 1 atom stereocenters. The summed E-state index contributed by atoms with van der Waals surface area (Å²) in [5.74, 6) is -0.369. The number of esters is 1. The zero-order valence-electron chi connectivity index (χ0n) is 28.4. The first kappa shape index (κ1) is 42.8. The van der Waals surface area contributed by atoms with Crippen molar-refractivity contribution >= 4 is 11.9 Å². The van der Waals surface area contributed by atoms with Crippen LogP contribution in [0.15, 0.2) is 60.7 Å². The smallest absolute Gasteiger partial charge is 0.326 e. The van der Waals surface area contributed by atoms with Gasteiger partial charge in [0.2, 0.25) is 5.91 Å². The molecule has 0 aliphatic carbocycles. The van der Waals surface area contributed by atoms with Crippen molar-refractivity contribution in [2.75, 3.05) is 20.3 Å². The Hall–Kier alpha value is -2.70. The predicted octanol–water partition coefficient (Wildman–Crippen LogP) is 8.44. The number of carbonyl (C=O) groups excluding carboxylic acids is 2. The van der Waals surface area contributed by atoms with Gasteiger partial charge < -0.3 is 19.7 Å². The summed E-state index contributed by atoms with van der Waals surface area (Å²) in [5, 5.41) is 3.42. The van der Waals surface area contributed by atoms with Crippen LogP contribution in [0.25, 0.3) is 0 Å². The lowest BCUT2D eigenvalue weighted by atomic mass is 10.2. The SMILES string of the molecule is CC.CC.CC.CCC.COC[C@@H]1CCC(=O)N1CC(=O)OC(C)(C)C.c1ccc(CNCc2ccccc2)cc1. The summed E-state index contributed by atoms with van der Waals surface area (Å²) in [7, 11) is 1.59. The van der Waals surface area contributed by atoms with Crippen molar-refractivity contribution in [3.63, 3.8) is 0 Å². The second kappa shape index (κ2) is 28.8. The van der Waals surface area contributed by atoms with Gasteiger partial charge in [0.1, 0.15) is 12.1 Å². The molecule has 41 heavy (non-hydrogen) atoms. The standard InChI is InChI=1S/C14H15N.C12H21NO4.C3H8.3C2H6/c1-3-7-13(8-4-1)11-15-12-14-9-5-2-6-10-14;1-12(2,3)17-11(15)7-13-9(8-16-4)5-6-10(13)14;1-3-2;3*1-2/h1-10,15H,11-12H2;9H,5-8H2,1-4H3;3H2,1-2H3;3*1-2H3/t;9-;;;;/m.0..../s1. The number of methoxy groups -OCH3 is 1. The summed E-state index contributed by atoms with van der Waals surface area (Å²) < 4.78 is 10.2. The van der Waals surface area contributed by atoms with Crippen LogP contribution in [-0.2, 0) is 32.2 Å². The number of amides is 1. The monoisotopic (exact) mass is 574 g/mol. The number of nitrogens with zero attached hydrogens (tertiary/aromatic N) is 1. The third kappa shape index (κ3) is 23.7. The molecule has 6 heteroatoms. The Kier molecular flexibility index (Phi) is 30.1. The van der Waals surface area contributed by atoms with E-state index in [0.29, 0.717) is 13.0 Å². The molecule has 0 aromatic heterocycles. The Morgan fingerprint density at radius 3 is 1.63 bits per heavy atom. The molecule has 1 N–H and O–H groups in total. The Morgan fingerprint density at radius 2 is 1.27 bits per heavy atom. The molecule has 236 valence electrons. The quantitative estimate of drug-likeness (QED) is 0.320. The molecule has 1 aliphatic rings. The van der Waals surface area contributed by atoms with Crippen LogP contribution in [-0.4, -0.2) is 48.7 Å². The number of hydrogen-bond acceptors (Lipinski definition) is 5. The maximum Gasteiger partial charge on any atom is 0.326 e. The van der Waals surface area contributed by atoms with Gasteiger partial charge in [0.05, 0.1) is 12.6 Å². The second-order valence-corrected chi connectivity index (χ2v) is 9.54. The summed E-state index contributed by atoms with van der Waals surface area (Å²) in [6, 6.07) is 20.9. The lowest BCUT2D eigenvalue weighted by Crippen LogP contribution is -2.41. The molecule has 0 unspecified atom stereocenters. The third-order valence-electron chi connectivity index (χ3n) is 4.87. The summed E-state index contributed by atoms with van der Waals surface area (Å²) in [5.41, 5.74) is 2.14. The van der Waals surface area contributed by atoms with Crippen LogP contribution < -0.4 is 5.32 Å². The molecule has 0 saturated carbocycles. The van der Waals surface area contributed by atoms with Crippen molar-refractivity contribution in [2.45, 2.75) is 120 Å². The molecule has 3 rings (SSSR count). The molecular formula is C35H62N2O4. The van der Waals surface area contributed by atoms with Gasteiger partial charge in [-0.3, -0.25) is 9.59 Å². The highest BCUT2D eigenvalue weighted by Gasteiger charge is 2.33. The fraction of sp³-hybridized carbons (Fsp3) is 0.600. The van der Waals surface area contributed by atoms with Gasteiger partial charge >= 0.3 is 5.97 Å². The molecule has 1 heterocycles. The summed E-state index contributed by atoms with van der Waals surface area (Å²) in [6.07, 6.45) is 2.48. The number of nitrogens with one attached hydrogen (secondary N) is 1. The van der Waals surface area contributed by atoms with E-state index in [0.717, 1.165) is 19.5 Å². The second-order valence-electron chi connectivity index (χ2n) is 9.54. The van der Waals surface area contributed by atoms with Crippen LogP contribution in [0.2, 0.25) is 0 Å². The van der Waals surface area contributed by atoms with Gasteiger partial charge in [-0.05, 0) is 38.3 Å². The highest BCUT2D eigenvalue weighted by molar-refractivity contribution is 5.84. The van der Waals surface area contributed by atoms with E-state index in [2.05, 4.69) is 67.7 Å². The number of likely N-dealkylation sites (tertiary alicyclic amines) is 1. The van der Waals surface area contributed by atoms with Crippen LogP contribution in [0.3, 0.4) is 0 Å². The molecular weight excluding hydrogens is 512 g/mol. The predicted molar refractivity (Wildman–Crippen MR) is 176 cm³/mol. The van der Waals surface area contributed by atoms with Crippen LogP contribution >= 0.6 is 0 Å². The first-order valence-electron chi connectivity index (χ1n) is 15.5. The Labute approximate surface area is 253 Å². The van der Waals surface area contributed by atoms with Crippen molar-refractivity contribution in [2.24, 2.45) is 0 Å². The molecule has 2 aromatic rings. The van der Waals surface area contributed by atoms with Crippen molar-refractivity contribution < 1.29 is 19.1 Å². The molecule has 0 radical (unpaired) electrons. The van der Waals surface area contributed by atoms with Gasteiger partial charge in [-0.1, -0.05) is 122 Å². The number of ether oxygens (including phenoxy) is 2. The summed E-state index contributed by atoms with van der Waals surface area (Å²) >= 11 is 0.